The summed E-state index contributed by atoms with van der Waals surface area (Å²) in [7, 11) is 1.96. The number of hydrogen-bond acceptors (Lipinski definition) is 3. The average molecular weight is 238 g/mol. The average Bonchev–Trinajstić information content (AvgIpc) is 2.23. The first kappa shape index (κ1) is 12.8. The second-order valence-corrected chi connectivity index (χ2v) is 4.34. The van der Waals surface area contributed by atoms with Crippen LogP contribution in [0.15, 0.2) is 18.2 Å². The first-order chi connectivity index (χ1) is 7.56. The Balaban J connectivity index is 2.77. The van der Waals surface area contributed by atoms with Crippen LogP contribution in [-0.4, -0.2) is 18.0 Å². The van der Waals surface area contributed by atoms with Crippen LogP contribution in [0.3, 0.4) is 0 Å². The highest BCUT2D eigenvalue weighted by atomic mass is 35.5. The molecule has 0 aliphatic carbocycles. The fourth-order valence-electron chi connectivity index (χ4n) is 1.44. The Morgan fingerprint density at radius 1 is 1.56 bits per heavy atom. The standard InChI is InChI=1S/C12H16ClN3/c1-9(6-7-14)16(2)8-10-11(13)4-3-5-12(10)15/h3-5,9H,6,8,15H2,1-2H3. The van der Waals surface area contributed by atoms with Gasteiger partial charge in [-0.1, -0.05) is 17.7 Å². The Hall–Kier alpha value is -1.24. The lowest BCUT2D eigenvalue weighted by Crippen LogP contribution is -2.28. The molecule has 1 unspecified atom stereocenters. The van der Waals surface area contributed by atoms with Crippen molar-refractivity contribution in [2.75, 3.05) is 12.8 Å². The Labute approximate surface area is 101 Å². The number of hydrogen-bond donors (Lipinski definition) is 1. The predicted molar refractivity (Wildman–Crippen MR) is 67.0 cm³/mol. The Bertz CT molecular complexity index is 377. The summed E-state index contributed by atoms with van der Waals surface area (Å²) < 4.78 is 0. The van der Waals surface area contributed by atoms with Gasteiger partial charge < -0.3 is 5.73 Å². The molecule has 0 bridgehead atoms. The third-order valence-corrected chi connectivity index (χ3v) is 3.06. The molecule has 4 heteroatoms. The van der Waals surface area contributed by atoms with Crippen LogP contribution in [0.4, 0.5) is 5.69 Å². The molecule has 0 spiro atoms. The molecule has 0 amide bonds. The molecule has 0 aliphatic heterocycles. The number of nitrogen functional groups attached to an aromatic ring is 1. The van der Waals surface area contributed by atoms with Crippen molar-refractivity contribution in [1.82, 2.24) is 4.90 Å². The summed E-state index contributed by atoms with van der Waals surface area (Å²) in [5, 5.41) is 9.31. The zero-order valence-corrected chi connectivity index (χ0v) is 10.3. The second kappa shape index (κ2) is 5.74. The molecule has 2 N–H and O–H groups in total. The van der Waals surface area contributed by atoms with Gasteiger partial charge in [-0.15, -0.1) is 0 Å². The third-order valence-electron chi connectivity index (χ3n) is 2.70. The Morgan fingerprint density at radius 3 is 2.81 bits per heavy atom. The fourth-order valence-corrected chi connectivity index (χ4v) is 1.68. The van der Waals surface area contributed by atoms with Gasteiger partial charge in [0.05, 0.1) is 12.5 Å². The molecule has 0 heterocycles. The van der Waals surface area contributed by atoms with E-state index in [-0.39, 0.29) is 6.04 Å². The van der Waals surface area contributed by atoms with Crippen LogP contribution in [0, 0.1) is 11.3 Å². The summed E-state index contributed by atoms with van der Waals surface area (Å²) in [5.74, 6) is 0. The normalized spacial score (nSPS) is 12.4. The molecule has 86 valence electrons. The van der Waals surface area contributed by atoms with Crippen LogP contribution in [0.2, 0.25) is 5.02 Å². The number of benzene rings is 1. The van der Waals surface area contributed by atoms with Crippen LogP contribution in [0.25, 0.3) is 0 Å². The summed E-state index contributed by atoms with van der Waals surface area (Å²) in [4.78, 5) is 2.07. The highest BCUT2D eigenvalue weighted by Gasteiger charge is 2.12. The van der Waals surface area contributed by atoms with Gasteiger partial charge in [-0.25, -0.2) is 0 Å². The molecule has 0 aromatic heterocycles. The number of nitrogens with zero attached hydrogens (tertiary/aromatic N) is 2. The molecule has 1 aromatic carbocycles. The van der Waals surface area contributed by atoms with E-state index in [4.69, 9.17) is 22.6 Å². The molecule has 0 saturated carbocycles. The lowest BCUT2D eigenvalue weighted by atomic mass is 10.1. The second-order valence-electron chi connectivity index (χ2n) is 3.93. The highest BCUT2D eigenvalue weighted by molar-refractivity contribution is 6.31. The van der Waals surface area contributed by atoms with E-state index in [0.717, 1.165) is 5.56 Å². The minimum atomic E-state index is 0.195. The fraction of sp³-hybridized carbons (Fsp3) is 0.417. The van der Waals surface area contributed by atoms with Gasteiger partial charge in [0.2, 0.25) is 0 Å². The van der Waals surface area contributed by atoms with Gasteiger partial charge in [-0.05, 0) is 26.1 Å². The number of nitriles is 1. The van der Waals surface area contributed by atoms with E-state index in [2.05, 4.69) is 11.0 Å². The molecular weight excluding hydrogens is 222 g/mol. The lowest BCUT2D eigenvalue weighted by molar-refractivity contribution is 0.253. The quantitative estimate of drug-likeness (QED) is 0.820. The third kappa shape index (κ3) is 3.13. The predicted octanol–water partition coefficient (Wildman–Crippen LogP) is 2.66. The first-order valence-electron chi connectivity index (χ1n) is 5.16. The smallest absolute Gasteiger partial charge is 0.0638 e. The molecule has 0 aliphatic rings. The zero-order valence-electron chi connectivity index (χ0n) is 9.57. The van der Waals surface area contributed by atoms with Gasteiger partial charge in [0.1, 0.15) is 0 Å². The Kier molecular flexibility index (Phi) is 4.60. The van der Waals surface area contributed by atoms with E-state index in [1.807, 2.05) is 32.2 Å². The number of halogens is 1. The molecule has 1 aromatic rings. The van der Waals surface area contributed by atoms with Crippen LogP contribution in [0.5, 0.6) is 0 Å². The summed E-state index contributed by atoms with van der Waals surface area (Å²) in [5.41, 5.74) is 7.49. The summed E-state index contributed by atoms with van der Waals surface area (Å²) in [6, 6.07) is 7.85. The Morgan fingerprint density at radius 2 is 2.25 bits per heavy atom. The SMILES string of the molecule is CC(CC#N)N(C)Cc1c(N)cccc1Cl. The van der Waals surface area contributed by atoms with E-state index in [1.54, 1.807) is 0 Å². The maximum Gasteiger partial charge on any atom is 0.0638 e. The summed E-state index contributed by atoms with van der Waals surface area (Å²) >= 11 is 6.08. The van der Waals surface area contributed by atoms with Gasteiger partial charge >= 0.3 is 0 Å². The minimum Gasteiger partial charge on any atom is -0.398 e. The molecule has 16 heavy (non-hydrogen) atoms. The van der Waals surface area contributed by atoms with E-state index >= 15 is 0 Å². The van der Waals surface area contributed by atoms with Crippen LogP contribution in [-0.2, 0) is 6.54 Å². The zero-order chi connectivity index (χ0) is 12.1. The molecule has 1 atom stereocenters. The van der Waals surface area contributed by atoms with Crippen molar-refractivity contribution in [2.24, 2.45) is 0 Å². The van der Waals surface area contributed by atoms with Crippen molar-refractivity contribution < 1.29 is 0 Å². The van der Waals surface area contributed by atoms with Gasteiger partial charge in [0, 0.05) is 28.9 Å². The molecular formula is C12H16ClN3. The maximum absolute atomic E-state index is 8.63. The van der Waals surface area contributed by atoms with Crippen molar-refractivity contribution in [1.29, 1.82) is 5.26 Å². The van der Waals surface area contributed by atoms with Gasteiger partial charge in [-0.2, -0.15) is 5.26 Å². The van der Waals surface area contributed by atoms with E-state index < -0.39 is 0 Å². The largest absolute Gasteiger partial charge is 0.398 e. The van der Waals surface area contributed by atoms with Gasteiger partial charge in [-0.3, -0.25) is 4.90 Å². The minimum absolute atomic E-state index is 0.195. The van der Waals surface area contributed by atoms with Crippen molar-refractivity contribution in [2.45, 2.75) is 25.9 Å². The number of anilines is 1. The van der Waals surface area contributed by atoms with Crippen LogP contribution >= 0.6 is 11.6 Å². The van der Waals surface area contributed by atoms with Crippen LogP contribution < -0.4 is 5.73 Å². The van der Waals surface area contributed by atoms with Crippen LogP contribution in [0.1, 0.15) is 18.9 Å². The molecule has 0 fully saturated rings. The van der Waals surface area contributed by atoms with E-state index in [1.165, 1.54) is 0 Å². The number of nitrogens with two attached hydrogens (primary N) is 1. The van der Waals surface area contributed by atoms with Gasteiger partial charge in [0.25, 0.3) is 0 Å². The van der Waals surface area contributed by atoms with Crippen molar-refractivity contribution in [3.05, 3.63) is 28.8 Å². The van der Waals surface area contributed by atoms with Crippen molar-refractivity contribution in [3.8, 4) is 6.07 Å². The monoisotopic (exact) mass is 237 g/mol. The molecule has 0 radical (unpaired) electrons. The van der Waals surface area contributed by atoms with Crippen molar-refractivity contribution in [3.63, 3.8) is 0 Å². The highest BCUT2D eigenvalue weighted by Crippen LogP contribution is 2.23. The first-order valence-corrected chi connectivity index (χ1v) is 5.54. The molecule has 1 rings (SSSR count). The lowest BCUT2D eigenvalue weighted by Gasteiger charge is -2.23. The van der Waals surface area contributed by atoms with Crippen molar-refractivity contribution >= 4 is 17.3 Å². The summed E-state index contributed by atoms with van der Waals surface area (Å²) in [6.45, 7) is 2.67. The molecule has 3 nitrogen and oxygen atoms in total. The maximum atomic E-state index is 8.63. The van der Waals surface area contributed by atoms with E-state index in [0.29, 0.717) is 23.7 Å². The van der Waals surface area contributed by atoms with Gasteiger partial charge in [0.15, 0.2) is 0 Å². The number of rotatable bonds is 4. The van der Waals surface area contributed by atoms with E-state index in [9.17, 15) is 0 Å². The molecule has 0 saturated heterocycles. The topological polar surface area (TPSA) is 53.0 Å². The summed E-state index contributed by atoms with van der Waals surface area (Å²) in [6.07, 6.45) is 0.501.